The maximum atomic E-state index is 2.43. The summed E-state index contributed by atoms with van der Waals surface area (Å²) in [7, 11) is 0. The Hall–Kier alpha value is -5.80. The van der Waals surface area contributed by atoms with Gasteiger partial charge in [-0.15, -0.1) is 22.7 Å². The lowest BCUT2D eigenvalue weighted by molar-refractivity contribution is 1.51. The van der Waals surface area contributed by atoms with Gasteiger partial charge in [-0.1, -0.05) is 121 Å². The van der Waals surface area contributed by atoms with Crippen LogP contribution in [0.1, 0.15) is 0 Å². The van der Waals surface area contributed by atoms with Crippen LogP contribution in [0.2, 0.25) is 0 Å². The van der Waals surface area contributed by atoms with Crippen molar-refractivity contribution in [2.75, 3.05) is 0 Å². The van der Waals surface area contributed by atoms with Gasteiger partial charge >= 0.3 is 0 Å². The molecule has 0 amide bonds. The summed E-state index contributed by atoms with van der Waals surface area (Å²) < 4.78 is 5.34. The van der Waals surface area contributed by atoms with Gasteiger partial charge in [0.1, 0.15) is 0 Å². The van der Waals surface area contributed by atoms with Crippen LogP contribution >= 0.6 is 22.7 Å². The molecule has 50 heavy (non-hydrogen) atoms. The summed E-state index contributed by atoms with van der Waals surface area (Å²) in [6.07, 6.45) is 0. The minimum Gasteiger partial charge on any atom is -0.135 e. The summed E-state index contributed by atoms with van der Waals surface area (Å²) in [5, 5.41) is 5.32. The molecule has 1 aliphatic rings. The van der Waals surface area contributed by atoms with Crippen molar-refractivity contribution in [3.63, 3.8) is 0 Å². The van der Waals surface area contributed by atoms with E-state index in [9.17, 15) is 0 Å². The van der Waals surface area contributed by atoms with Gasteiger partial charge in [0.25, 0.3) is 0 Å². The Bertz CT molecular complexity index is 2850. The Balaban J connectivity index is 1.15. The van der Waals surface area contributed by atoms with Gasteiger partial charge in [0.05, 0.1) is 0 Å². The molecule has 2 heterocycles. The number of rotatable bonds is 2. The molecule has 0 bridgehead atoms. The third-order valence-electron chi connectivity index (χ3n) is 10.5. The van der Waals surface area contributed by atoms with Crippen molar-refractivity contribution in [1.82, 2.24) is 0 Å². The number of hydrogen-bond donors (Lipinski definition) is 0. The average molecular weight is 669 g/mol. The average Bonchev–Trinajstić information content (AvgIpc) is 3.75. The zero-order chi connectivity index (χ0) is 32.8. The van der Waals surface area contributed by atoms with Crippen LogP contribution in [0.3, 0.4) is 0 Å². The number of benzene rings is 8. The van der Waals surface area contributed by atoms with Crippen molar-refractivity contribution in [2.45, 2.75) is 0 Å². The SMILES string of the molecule is c1ccc2c(c1)-c1ccccc1-c1cc(-c3ccc4sc5ccccc5c4c3)ccc1-c1cc(-c3ccc4sc5ccccc5c4c3)ccc1-2. The Morgan fingerprint density at radius 3 is 1.02 bits per heavy atom. The van der Waals surface area contributed by atoms with Crippen LogP contribution in [0, 0.1) is 0 Å². The Morgan fingerprint density at radius 1 is 0.220 bits per heavy atom. The summed E-state index contributed by atoms with van der Waals surface area (Å²) in [5.74, 6) is 0. The summed E-state index contributed by atoms with van der Waals surface area (Å²) in [5.41, 5.74) is 15.1. The largest absolute Gasteiger partial charge is 0.135 e. The highest BCUT2D eigenvalue weighted by atomic mass is 32.1. The van der Waals surface area contributed by atoms with E-state index in [1.807, 2.05) is 22.7 Å². The first-order valence-corrected chi connectivity index (χ1v) is 18.7. The first-order chi connectivity index (χ1) is 24.8. The zero-order valence-electron chi connectivity index (χ0n) is 27.0. The molecule has 8 aromatic carbocycles. The molecule has 11 rings (SSSR count). The number of hydrogen-bond acceptors (Lipinski definition) is 2. The van der Waals surface area contributed by atoms with Crippen LogP contribution in [0.25, 0.3) is 107 Å². The summed E-state index contributed by atoms with van der Waals surface area (Å²) >= 11 is 3.74. The maximum Gasteiger partial charge on any atom is 0.0355 e. The summed E-state index contributed by atoms with van der Waals surface area (Å²) in [6, 6.07) is 63.5. The van der Waals surface area contributed by atoms with E-state index < -0.39 is 0 Å². The van der Waals surface area contributed by atoms with E-state index in [0.717, 1.165) is 0 Å². The van der Waals surface area contributed by atoms with E-state index in [-0.39, 0.29) is 0 Å². The highest BCUT2D eigenvalue weighted by molar-refractivity contribution is 7.26. The predicted octanol–water partition coefficient (Wildman–Crippen LogP) is 14.7. The van der Waals surface area contributed by atoms with E-state index in [1.54, 1.807) is 0 Å². The van der Waals surface area contributed by atoms with Crippen LogP contribution in [0.4, 0.5) is 0 Å². The molecule has 10 aromatic rings. The van der Waals surface area contributed by atoms with Gasteiger partial charge < -0.3 is 0 Å². The van der Waals surface area contributed by atoms with Crippen molar-refractivity contribution in [3.8, 4) is 66.8 Å². The van der Waals surface area contributed by atoms with Crippen molar-refractivity contribution < 1.29 is 0 Å². The smallest absolute Gasteiger partial charge is 0.0355 e. The first-order valence-electron chi connectivity index (χ1n) is 17.1. The van der Waals surface area contributed by atoms with Crippen molar-refractivity contribution in [2.24, 2.45) is 0 Å². The topological polar surface area (TPSA) is 0 Å². The zero-order valence-corrected chi connectivity index (χ0v) is 28.6. The lowest BCUT2D eigenvalue weighted by Gasteiger charge is -2.24. The van der Waals surface area contributed by atoms with E-state index in [2.05, 4.69) is 170 Å². The maximum absolute atomic E-state index is 2.43. The van der Waals surface area contributed by atoms with Gasteiger partial charge in [-0.2, -0.15) is 0 Å². The van der Waals surface area contributed by atoms with Crippen molar-refractivity contribution in [1.29, 1.82) is 0 Å². The summed E-state index contributed by atoms with van der Waals surface area (Å²) in [6.45, 7) is 0. The predicted molar refractivity (Wildman–Crippen MR) is 218 cm³/mol. The molecule has 0 atom stereocenters. The molecule has 0 nitrogen and oxygen atoms in total. The van der Waals surface area contributed by atoms with Gasteiger partial charge in [-0.05, 0) is 115 Å². The third-order valence-corrected chi connectivity index (χ3v) is 12.8. The second-order valence-corrected chi connectivity index (χ2v) is 15.4. The van der Waals surface area contributed by atoms with Crippen LogP contribution in [0.15, 0.2) is 170 Å². The second-order valence-electron chi connectivity index (χ2n) is 13.2. The van der Waals surface area contributed by atoms with E-state index >= 15 is 0 Å². The van der Waals surface area contributed by atoms with Crippen LogP contribution in [-0.2, 0) is 0 Å². The van der Waals surface area contributed by atoms with E-state index in [1.165, 1.54) is 107 Å². The van der Waals surface area contributed by atoms with Gasteiger partial charge in [0.2, 0.25) is 0 Å². The highest BCUT2D eigenvalue weighted by Crippen LogP contribution is 2.50. The quantitative estimate of drug-likeness (QED) is 0.172. The molecule has 0 saturated carbocycles. The fourth-order valence-corrected chi connectivity index (χ4v) is 10.3. The molecular weight excluding hydrogens is 641 g/mol. The normalized spacial score (nSPS) is 12.0. The third kappa shape index (κ3) is 4.23. The van der Waals surface area contributed by atoms with E-state index in [0.29, 0.717) is 0 Å². The molecular formula is C48H28S2. The number of thiophene rings is 2. The molecule has 232 valence electrons. The van der Waals surface area contributed by atoms with Gasteiger partial charge in [-0.3, -0.25) is 0 Å². The van der Waals surface area contributed by atoms with Crippen LogP contribution in [-0.4, -0.2) is 0 Å². The molecule has 2 aromatic heterocycles. The van der Waals surface area contributed by atoms with E-state index in [4.69, 9.17) is 0 Å². The molecule has 1 aliphatic carbocycles. The molecule has 0 N–H and O–H groups in total. The number of fused-ring (bicyclic) bond motifs is 14. The molecule has 0 unspecified atom stereocenters. The summed E-state index contributed by atoms with van der Waals surface area (Å²) in [4.78, 5) is 0. The minimum atomic E-state index is 1.23. The fraction of sp³-hybridized carbons (Fsp3) is 0. The Kier molecular flexibility index (Phi) is 6.09. The molecule has 0 spiro atoms. The van der Waals surface area contributed by atoms with Gasteiger partial charge in [0, 0.05) is 40.3 Å². The first kappa shape index (κ1) is 28.1. The monoisotopic (exact) mass is 668 g/mol. The molecule has 0 saturated heterocycles. The standard InChI is InChI=1S/C48H28S2/c1-2-11-35-33(9-1)34-10-3-4-12-36(34)41-25-30(32-20-24-48-44(28-32)40-14-6-8-16-46(40)50-48)18-22-38(41)42-26-29(17-21-37(35)42)31-19-23-47-43(27-31)39-13-5-7-15-45(39)49-47/h1-28H. The minimum absolute atomic E-state index is 1.23. The Labute approximate surface area is 298 Å². The van der Waals surface area contributed by atoms with Crippen molar-refractivity contribution in [3.05, 3.63) is 170 Å². The molecule has 0 radical (unpaired) electrons. The van der Waals surface area contributed by atoms with Crippen LogP contribution in [0.5, 0.6) is 0 Å². The highest BCUT2D eigenvalue weighted by Gasteiger charge is 2.23. The lowest BCUT2D eigenvalue weighted by atomic mass is 9.79. The van der Waals surface area contributed by atoms with Gasteiger partial charge in [-0.25, -0.2) is 0 Å². The molecule has 2 heteroatoms. The fourth-order valence-electron chi connectivity index (χ4n) is 8.08. The molecule has 0 aliphatic heterocycles. The second kappa shape index (κ2) is 10.9. The van der Waals surface area contributed by atoms with Crippen LogP contribution < -0.4 is 0 Å². The van der Waals surface area contributed by atoms with Gasteiger partial charge in [0.15, 0.2) is 0 Å². The van der Waals surface area contributed by atoms with Crippen molar-refractivity contribution >= 4 is 63.0 Å². The lowest BCUT2D eigenvalue weighted by Crippen LogP contribution is -1.98. The Morgan fingerprint density at radius 2 is 0.540 bits per heavy atom. The molecule has 0 fully saturated rings.